The summed E-state index contributed by atoms with van der Waals surface area (Å²) in [7, 11) is 1.92. The molecule has 0 aliphatic carbocycles. The lowest BCUT2D eigenvalue weighted by Crippen LogP contribution is -2.48. The van der Waals surface area contributed by atoms with E-state index in [0.29, 0.717) is 116 Å². The molecule has 10 heterocycles. The Labute approximate surface area is 458 Å². The van der Waals surface area contributed by atoms with Crippen LogP contribution in [0.3, 0.4) is 0 Å². The van der Waals surface area contributed by atoms with Crippen molar-refractivity contribution < 1.29 is 37.4 Å². The number of halogens is 2. The number of carbonyl (C=O) groups is 3. The van der Waals surface area contributed by atoms with Crippen LogP contribution in [-0.2, 0) is 32.5 Å². The highest BCUT2D eigenvalue weighted by Gasteiger charge is 2.50. The number of ether oxygens (including phenoxy) is 3. The molecule has 7 aliphatic heterocycles. The van der Waals surface area contributed by atoms with Crippen molar-refractivity contribution in [2.75, 3.05) is 75.5 Å². The molecule has 7 aliphatic rings. The molecule has 13 rings (SSSR count). The van der Waals surface area contributed by atoms with Gasteiger partial charge in [0.2, 0.25) is 11.8 Å². The minimum atomic E-state index is -0.640. The van der Waals surface area contributed by atoms with Gasteiger partial charge in [-0.05, 0) is 131 Å². The number of piperidine rings is 3. The number of aromatic nitrogens is 5. The van der Waals surface area contributed by atoms with E-state index in [2.05, 4.69) is 51.1 Å². The van der Waals surface area contributed by atoms with Crippen LogP contribution in [0.5, 0.6) is 6.01 Å². The zero-order valence-electron chi connectivity index (χ0n) is 45.2. The molecule has 1 N–H and O–H groups in total. The van der Waals surface area contributed by atoms with E-state index in [9.17, 15) is 14.4 Å². The Bertz CT molecular complexity index is 3450. The molecule has 18 heteroatoms. The Hall–Kier alpha value is -6.97. The number of hydrogen-bond acceptors (Lipinski definition) is 13. The smallest absolute Gasteiger partial charge is 0.409 e. The molecule has 0 radical (unpaired) electrons. The van der Waals surface area contributed by atoms with Gasteiger partial charge in [0.05, 0.1) is 52.0 Å². The summed E-state index contributed by atoms with van der Waals surface area (Å²) in [6, 6.07) is 14.9. The first-order valence-electron chi connectivity index (χ1n) is 28.7. The number of terminal acetylenes is 1. The maximum atomic E-state index is 17.5. The third kappa shape index (κ3) is 9.37. The number of amides is 3. The summed E-state index contributed by atoms with van der Waals surface area (Å²) in [5, 5.41) is 9.85. The first-order chi connectivity index (χ1) is 38.4. The van der Waals surface area contributed by atoms with Gasteiger partial charge < -0.3 is 28.9 Å². The van der Waals surface area contributed by atoms with Crippen LogP contribution in [0.15, 0.2) is 48.5 Å². The van der Waals surface area contributed by atoms with Gasteiger partial charge in [0, 0.05) is 80.9 Å². The number of likely N-dealkylation sites (tertiary alicyclic amines) is 1. The number of rotatable bonds is 10. The molecular weight excluding hydrogens is 1010 g/mol. The minimum absolute atomic E-state index is 0.00385. The molecule has 0 spiro atoms. The fraction of sp³-hybridized carbons (Fsp3) is 0.525. The fourth-order valence-corrected chi connectivity index (χ4v) is 14.7. The Morgan fingerprint density at radius 1 is 0.937 bits per heavy atom. The van der Waals surface area contributed by atoms with E-state index in [1.54, 1.807) is 18.2 Å². The van der Waals surface area contributed by atoms with Crippen molar-refractivity contribution in [1.29, 1.82) is 0 Å². The number of hydrogen-bond donors (Lipinski definition) is 1. The SMILES string of the molecule is C#Cc1c(F)ccc2cccc(-c3nc4c5c(nc(OC[C@@]67CCCN6[C@H](COC(=O)N6CCC(C[C@H]8CCN(c9ccc%10c(C%11CCC(=O)NC%11=O)nn(C)c%10c9)C[C@@H]8C)CC6)CC7)nc5c3F)N3CCCOC[C@@H]3CC4)c12. The van der Waals surface area contributed by atoms with Crippen LogP contribution >= 0.6 is 0 Å². The van der Waals surface area contributed by atoms with E-state index in [1.807, 2.05) is 22.7 Å². The Morgan fingerprint density at radius 3 is 2.65 bits per heavy atom. The van der Waals surface area contributed by atoms with Gasteiger partial charge >= 0.3 is 12.1 Å². The van der Waals surface area contributed by atoms with Gasteiger partial charge in [0.15, 0.2) is 5.82 Å². The number of imide groups is 1. The second-order valence-electron chi connectivity index (χ2n) is 23.5. The van der Waals surface area contributed by atoms with Crippen molar-refractivity contribution >= 4 is 62.0 Å². The summed E-state index contributed by atoms with van der Waals surface area (Å²) in [5.41, 5.74) is 3.86. The molecule has 6 fully saturated rings. The average Bonchev–Trinajstić information content (AvgIpc) is 4.26. The average molecular weight is 1080 g/mol. The van der Waals surface area contributed by atoms with Crippen molar-refractivity contribution in [3.05, 3.63) is 77.1 Å². The minimum Gasteiger partial charge on any atom is -0.461 e. The van der Waals surface area contributed by atoms with E-state index in [-0.39, 0.29) is 58.3 Å². The summed E-state index contributed by atoms with van der Waals surface area (Å²) < 4.78 is 53.4. The van der Waals surface area contributed by atoms with Crippen LogP contribution in [0.4, 0.5) is 25.1 Å². The summed E-state index contributed by atoms with van der Waals surface area (Å²) in [4.78, 5) is 62.1. The molecule has 0 saturated carbocycles. The lowest BCUT2D eigenvalue weighted by Gasteiger charge is -2.41. The summed E-state index contributed by atoms with van der Waals surface area (Å²) in [5.74, 6) is 2.64. The largest absolute Gasteiger partial charge is 0.461 e. The number of benzene rings is 3. The highest BCUT2D eigenvalue weighted by molar-refractivity contribution is 6.04. The molecule has 3 aromatic heterocycles. The van der Waals surface area contributed by atoms with Gasteiger partial charge in [-0.25, -0.2) is 18.6 Å². The van der Waals surface area contributed by atoms with Crippen LogP contribution in [0.2, 0.25) is 0 Å². The zero-order chi connectivity index (χ0) is 54.1. The lowest BCUT2D eigenvalue weighted by atomic mass is 9.78. The molecule has 1 unspecified atom stereocenters. The number of aryl methyl sites for hydroxylation is 2. The Morgan fingerprint density at radius 2 is 1.81 bits per heavy atom. The molecule has 6 saturated heterocycles. The normalized spacial score (nSPS) is 25.8. The van der Waals surface area contributed by atoms with Gasteiger partial charge in [-0.3, -0.25) is 24.5 Å². The molecular formula is C61H68F2N10O6. The third-order valence-electron chi connectivity index (χ3n) is 18.9. The number of nitrogens with zero attached hydrogens (tertiary/aromatic N) is 9. The second kappa shape index (κ2) is 20.9. The summed E-state index contributed by atoms with van der Waals surface area (Å²) in [6.45, 7) is 8.97. The predicted molar refractivity (Wildman–Crippen MR) is 296 cm³/mol. The van der Waals surface area contributed by atoms with E-state index in [4.69, 9.17) is 40.7 Å². The molecule has 3 aromatic carbocycles. The van der Waals surface area contributed by atoms with Crippen molar-refractivity contribution in [1.82, 2.24) is 39.8 Å². The lowest BCUT2D eigenvalue weighted by molar-refractivity contribution is -0.134. The highest BCUT2D eigenvalue weighted by atomic mass is 19.1. The highest BCUT2D eigenvalue weighted by Crippen LogP contribution is 2.45. The maximum absolute atomic E-state index is 17.5. The van der Waals surface area contributed by atoms with E-state index in [1.165, 1.54) is 6.07 Å². The number of carbonyl (C=O) groups excluding carboxylic acids is 3. The van der Waals surface area contributed by atoms with Gasteiger partial charge in [-0.15, -0.1) is 6.42 Å². The van der Waals surface area contributed by atoms with E-state index >= 15 is 8.78 Å². The molecule has 6 atom stereocenters. The van der Waals surface area contributed by atoms with Crippen LogP contribution in [0.1, 0.15) is 107 Å². The van der Waals surface area contributed by atoms with Gasteiger partial charge in [-0.1, -0.05) is 37.1 Å². The molecule has 6 aromatic rings. The summed E-state index contributed by atoms with van der Waals surface area (Å²) in [6.07, 6.45) is 16.3. The predicted octanol–water partition coefficient (Wildman–Crippen LogP) is 8.83. The van der Waals surface area contributed by atoms with Crippen LogP contribution in [0.25, 0.3) is 43.8 Å². The third-order valence-corrected chi connectivity index (χ3v) is 18.9. The molecule has 0 bridgehead atoms. The number of fused-ring (bicyclic) bond motifs is 5. The molecule has 79 heavy (non-hydrogen) atoms. The molecule has 16 nitrogen and oxygen atoms in total. The van der Waals surface area contributed by atoms with E-state index in [0.717, 1.165) is 106 Å². The monoisotopic (exact) mass is 1070 g/mol. The van der Waals surface area contributed by atoms with E-state index < -0.39 is 17.6 Å². The fourth-order valence-electron chi connectivity index (χ4n) is 14.7. The van der Waals surface area contributed by atoms with Crippen molar-refractivity contribution in [2.24, 2.45) is 24.8 Å². The Kier molecular flexibility index (Phi) is 13.6. The quantitative estimate of drug-likeness (QED) is 0.103. The second-order valence-corrected chi connectivity index (χ2v) is 23.5. The van der Waals surface area contributed by atoms with Gasteiger partial charge in [-0.2, -0.15) is 15.1 Å². The summed E-state index contributed by atoms with van der Waals surface area (Å²) >= 11 is 0. The van der Waals surface area contributed by atoms with Crippen molar-refractivity contribution in [3.63, 3.8) is 0 Å². The van der Waals surface area contributed by atoms with Crippen LogP contribution < -0.4 is 19.9 Å². The van der Waals surface area contributed by atoms with Gasteiger partial charge in [0.1, 0.15) is 36.1 Å². The molecule has 3 amide bonds. The zero-order valence-corrected chi connectivity index (χ0v) is 45.2. The Balaban J connectivity index is 0.638. The number of pyridine rings is 1. The van der Waals surface area contributed by atoms with Crippen molar-refractivity contribution in [2.45, 2.75) is 114 Å². The maximum Gasteiger partial charge on any atom is 0.409 e. The van der Waals surface area contributed by atoms with Crippen LogP contribution in [-0.4, -0.2) is 136 Å². The molecule has 412 valence electrons. The van der Waals surface area contributed by atoms with Crippen molar-refractivity contribution in [3.8, 4) is 29.6 Å². The standard InChI is InChI=1S/C61H68F2N10O6/c1-4-43-47(62)15-10-38-8-5-9-45(51(38)43)55-53(63)56-52-48(64-55)16-12-41-33-77-29-7-24-72(41)57(52)67-59(66-56)79-35-61-22-6-25-73(61)42(18-23-61)34-78-60(76)70-26-19-37(20-27-70)30-39-21-28-71(32-36(39)2)40-11-13-44-49(31-40)69(3)68-54(44)46-14-17-50(74)65-58(46)75/h1,5,8-11,13,15,31,36-37,39,41-42,46H,6-7,12,14,16-30,32-35H2,2-3H3,(H,65,74,75)/t36-,39+,41-,42-,46?,61-/m0/s1. The van der Waals surface area contributed by atoms with Gasteiger partial charge in [0.25, 0.3) is 0 Å². The number of anilines is 2. The first kappa shape index (κ1) is 51.5. The number of nitrogens with one attached hydrogen (secondary N) is 1. The van der Waals surface area contributed by atoms with Crippen LogP contribution in [0, 0.1) is 41.7 Å². The topological polar surface area (TPSA) is 160 Å². The first-order valence-corrected chi connectivity index (χ1v) is 28.7.